The molecule has 0 aliphatic rings. The molecule has 7 heteroatoms. The number of esters is 1. The molecule has 0 radical (unpaired) electrons. The summed E-state index contributed by atoms with van der Waals surface area (Å²) in [4.78, 5) is 35.7. The number of allylic oxidation sites excluding steroid dienone is 3. The van der Waals surface area contributed by atoms with Crippen LogP contribution in [-0.4, -0.2) is 32.0 Å². The predicted octanol–water partition coefficient (Wildman–Crippen LogP) is 3.50. The van der Waals surface area contributed by atoms with Crippen LogP contribution in [0.25, 0.3) is 0 Å². The first-order chi connectivity index (χ1) is 13.7. The van der Waals surface area contributed by atoms with Crippen LogP contribution in [-0.2, 0) is 23.9 Å². The first-order valence-corrected chi connectivity index (χ1v) is 9.69. The van der Waals surface area contributed by atoms with Gasteiger partial charge in [-0.05, 0) is 25.7 Å². The van der Waals surface area contributed by atoms with E-state index in [0.29, 0.717) is 5.57 Å². The summed E-state index contributed by atoms with van der Waals surface area (Å²) in [6.07, 6.45) is 12.3. The molecule has 0 atom stereocenters. The quantitative estimate of drug-likeness (QED) is 0.161. The Morgan fingerprint density at radius 1 is 1.03 bits per heavy atom. The molecule has 0 heterocycles. The number of rotatable bonds is 13. The number of nitrogens with one attached hydrogen (secondary N) is 2. The van der Waals surface area contributed by atoms with E-state index in [1.165, 1.54) is 33.5 Å². The van der Waals surface area contributed by atoms with E-state index in [4.69, 9.17) is 4.74 Å². The van der Waals surface area contributed by atoms with E-state index in [1.807, 2.05) is 12.2 Å². The SMILES string of the molecule is C=C(NC(=O)/C(C)=C/C=C\CCCCCC(C)C)C(=O)N/C(=C/OC)C(=O)OC. The van der Waals surface area contributed by atoms with E-state index in [9.17, 15) is 14.4 Å². The number of hydrogen-bond acceptors (Lipinski definition) is 5. The highest BCUT2D eigenvalue weighted by molar-refractivity contribution is 6.04. The zero-order chi connectivity index (χ0) is 22.2. The largest absolute Gasteiger partial charge is 0.502 e. The van der Waals surface area contributed by atoms with Gasteiger partial charge in [-0.1, -0.05) is 57.9 Å². The van der Waals surface area contributed by atoms with E-state index >= 15 is 0 Å². The third-order valence-corrected chi connectivity index (χ3v) is 3.92. The second-order valence-corrected chi connectivity index (χ2v) is 6.96. The van der Waals surface area contributed by atoms with Gasteiger partial charge in [0.2, 0.25) is 0 Å². The fourth-order valence-electron chi connectivity index (χ4n) is 2.22. The second-order valence-electron chi connectivity index (χ2n) is 6.96. The molecule has 0 saturated carbocycles. The number of amides is 2. The molecule has 2 amide bonds. The molecule has 0 bridgehead atoms. The van der Waals surface area contributed by atoms with Gasteiger partial charge in [0, 0.05) is 5.57 Å². The Kier molecular flexibility index (Phi) is 13.7. The molecule has 29 heavy (non-hydrogen) atoms. The van der Waals surface area contributed by atoms with Crippen molar-refractivity contribution < 1.29 is 23.9 Å². The van der Waals surface area contributed by atoms with Crippen molar-refractivity contribution in [1.29, 1.82) is 0 Å². The van der Waals surface area contributed by atoms with Crippen molar-refractivity contribution in [1.82, 2.24) is 10.6 Å². The van der Waals surface area contributed by atoms with Gasteiger partial charge >= 0.3 is 5.97 Å². The molecule has 0 spiro atoms. The van der Waals surface area contributed by atoms with Gasteiger partial charge in [-0.15, -0.1) is 0 Å². The van der Waals surface area contributed by atoms with E-state index in [0.717, 1.165) is 25.0 Å². The summed E-state index contributed by atoms with van der Waals surface area (Å²) in [6.45, 7) is 9.61. The topological polar surface area (TPSA) is 93.7 Å². The minimum absolute atomic E-state index is 0.206. The molecule has 0 unspecified atom stereocenters. The lowest BCUT2D eigenvalue weighted by Crippen LogP contribution is -2.36. The number of unbranched alkanes of at least 4 members (excludes halogenated alkanes) is 3. The molecular weight excluding hydrogens is 372 g/mol. The van der Waals surface area contributed by atoms with Crippen molar-refractivity contribution in [3.63, 3.8) is 0 Å². The van der Waals surface area contributed by atoms with Gasteiger partial charge in [0.15, 0.2) is 5.70 Å². The summed E-state index contributed by atoms with van der Waals surface area (Å²) in [5, 5.41) is 4.67. The van der Waals surface area contributed by atoms with E-state index in [-0.39, 0.29) is 11.4 Å². The normalized spacial score (nSPS) is 12.1. The summed E-state index contributed by atoms with van der Waals surface area (Å²) in [7, 11) is 2.49. The highest BCUT2D eigenvalue weighted by Gasteiger charge is 2.17. The Labute approximate surface area is 173 Å². The Morgan fingerprint density at radius 2 is 1.72 bits per heavy atom. The molecule has 2 N–H and O–H groups in total. The average Bonchev–Trinajstić information content (AvgIpc) is 2.68. The van der Waals surface area contributed by atoms with E-state index in [2.05, 4.69) is 35.8 Å². The fourth-order valence-corrected chi connectivity index (χ4v) is 2.22. The van der Waals surface area contributed by atoms with Crippen molar-refractivity contribution in [2.75, 3.05) is 14.2 Å². The Morgan fingerprint density at radius 3 is 2.31 bits per heavy atom. The number of methoxy groups -OCH3 is 2. The Balaban J connectivity index is 4.47. The van der Waals surface area contributed by atoms with Crippen molar-refractivity contribution >= 4 is 17.8 Å². The summed E-state index contributed by atoms with van der Waals surface area (Å²) < 4.78 is 9.24. The summed E-state index contributed by atoms with van der Waals surface area (Å²) in [5.41, 5.74) is 0.0115. The van der Waals surface area contributed by atoms with Gasteiger partial charge in [0.1, 0.15) is 6.26 Å². The highest BCUT2D eigenvalue weighted by Crippen LogP contribution is 2.09. The third-order valence-electron chi connectivity index (χ3n) is 3.92. The molecule has 0 saturated heterocycles. The minimum Gasteiger partial charge on any atom is -0.502 e. The third kappa shape index (κ3) is 12.3. The van der Waals surface area contributed by atoms with Crippen LogP contribution >= 0.6 is 0 Å². The lowest BCUT2D eigenvalue weighted by Gasteiger charge is -2.10. The van der Waals surface area contributed by atoms with Crippen LogP contribution in [0.15, 0.2) is 48.0 Å². The molecule has 7 nitrogen and oxygen atoms in total. The standard InChI is InChI=1S/C22H34N2O5/c1-16(2)13-11-9-7-8-10-12-14-17(3)20(25)23-18(4)21(26)24-19(15-28-5)22(27)29-6/h10,12,14-16H,4,7-9,11,13H2,1-3,5-6H3,(H,23,25)(H,24,26)/b12-10-,17-14+,19-15+. The minimum atomic E-state index is -0.787. The molecule has 0 aromatic heterocycles. The fraction of sp³-hybridized carbons (Fsp3) is 0.500. The van der Waals surface area contributed by atoms with Gasteiger partial charge in [0.05, 0.1) is 19.9 Å². The van der Waals surface area contributed by atoms with Crippen LogP contribution in [0, 0.1) is 5.92 Å². The molecule has 162 valence electrons. The zero-order valence-electron chi connectivity index (χ0n) is 18.2. The van der Waals surface area contributed by atoms with Gasteiger partial charge < -0.3 is 20.1 Å². The second kappa shape index (κ2) is 15.1. The maximum absolute atomic E-state index is 12.1. The van der Waals surface area contributed by atoms with Crippen LogP contribution in [0.1, 0.15) is 52.9 Å². The van der Waals surface area contributed by atoms with Gasteiger partial charge in [-0.25, -0.2) is 4.79 Å². The predicted molar refractivity (Wildman–Crippen MR) is 113 cm³/mol. The van der Waals surface area contributed by atoms with Crippen LogP contribution in [0.2, 0.25) is 0 Å². The smallest absolute Gasteiger partial charge is 0.357 e. The van der Waals surface area contributed by atoms with Gasteiger partial charge in [-0.2, -0.15) is 0 Å². The van der Waals surface area contributed by atoms with Crippen LogP contribution in [0.5, 0.6) is 0 Å². The van der Waals surface area contributed by atoms with Gasteiger partial charge in [-0.3, -0.25) is 9.59 Å². The van der Waals surface area contributed by atoms with E-state index in [1.54, 1.807) is 13.0 Å². The van der Waals surface area contributed by atoms with E-state index < -0.39 is 17.8 Å². The molecule has 0 aliphatic heterocycles. The number of ether oxygens (including phenoxy) is 2. The van der Waals surface area contributed by atoms with Crippen molar-refractivity contribution in [2.45, 2.75) is 52.9 Å². The van der Waals surface area contributed by atoms with Crippen molar-refractivity contribution in [2.24, 2.45) is 5.92 Å². The molecular formula is C22H34N2O5. The van der Waals surface area contributed by atoms with Crippen molar-refractivity contribution in [3.05, 3.63) is 48.0 Å². The van der Waals surface area contributed by atoms with Crippen LogP contribution in [0.4, 0.5) is 0 Å². The maximum Gasteiger partial charge on any atom is 0.357 e. The van der Waals surface area contributed by atoms with Gasteiger partial charge in [0.25, 0.3) is 11.8 Å². The molecule has 0 fully saturated rings. The summed E-state index contributed by atoms with van der Waals surface area (Å²) in [6, 6.07) is 0. The lowest BCUT2D eigenvalue weighted by molar-refractivity contribution is -0.137. The Hall–Kier alpha value is -2.83. The molecule has 0 aromatic rings. The number of carbonyl (C=O) groups is 3. The first kappa shape index (κ1) is 26.2. The number of carbonyl (C=O) groups excluding carboxylic acids is 3. The van der Waals surface area contributed by atoms with Crippen LogP contribution in [0.3, 0.4) is 0 Å². The first-order valence-electron chi connectivity index (χ1n) is 9.69. The molecule has 0 aromatic carbocycles. The summed E-state index contributed by atoms with van der Waals surface area (Å²) in [5.74, 6) is -1.25. The Bertz CT molecular complexity index is 660. The van der Waals surface area contributed by atoms with Crippen LogP contribution < -0.4 is 10.6 Å². The highest BCUT2D eigenvalue weighted by atomic mass is 16.5. The monoisotopic (exact) mass is 406 g/mol. The molecule has 0 aliphatic carbocycles. The maximum atomic E-state index is 12.1. The average molecular weight is 407 g/mol. The summed E-state index contributed by atoms with van der Waals surface area (Å²) >= 11 is 0. The van der Waals surface area contributed by atoms with Crippen molar-refractivity contribution in [3.8, 4) is 0 Å². The zero-order valence-corrected chi connectivity index (χ0v) is 18.2. The number of hydrogen-bond donors (Lipinski definition) is 2. The lowest BCUT2D eigenvalue weighted by atomic mass is 10.0. The molecule has 0 rings (SSSR count).